The molecule has 1 aliphatic rings. The van der Waals surface area contributed by atoms with Gasteiger partial charge < -0.3 is 20.1 Å². The van der Waals surface area contributed by atoms with Crippen molar-refractivity contribution in [2.24, 2.45) is 0 Å². The maximum absolute atomic E-state index is 13.0. The maximum Gasteiger partial charge on any atom is 0.264 e. The van der Waals surface area contributed by atoms with Gasteiger partial charge in [0.15, 0.2) is 12.2 Å². The Hall–Kier alpha value is -3.09. The summed E-state index contributed by atoms with van der Waals surface area (Å²) in [5.74, 6) is 0.0823. The van der Waals surface area contributed by atoms with Crippen LogP contribution in [0.1, 0.15) is 32.4 Å². The summed E-state index contributed by atoms with van der Waals surface area (Å²) < 4.78 is 24.1. The van der Waals surface area contributed by atoms with Crippen molar-refractivity contribution in [2.45, 2.75) is 32.4 Å². The Morgan fingerprint density at radius 1 is 1.26 bits per heavy atom. The van der Waals surface area contributed by atoms with E-state index >= 15 is 0 Å². The monoisotopic (exact) mass is 372 g/mol. The second-order valence-corrected chi connectivity index (χ2v) is 6.85. The van der Waals surface area contributed by atoms with Crippen molar-refractivity contribution in [3.05, 3.63) is 53.8 Å². The van der Waals surface area contributed by atoms with Crippen LogP contribution in [0.2, 0.25) is 0 Å². The van der Waals surface area contributed by atoms with E-state index in [9.17, 15) is 14.0 Å². The lowest BCUT2D eigenvalue weighted by molar-refractivity contribution is -0.134. The van der Waals surface area contributed by atoms with Crippen LogP contribution in [-0.4, -0.2) is 24.0 Å². The van der Waals surface area contributed by atoms with E-state index in [1.54, 1.807) is 26.0 Å². The van der Waals surface area contributed by atoms with Crippen LogP contribution in [-0.2, 0) is 9.59 Å². The highest BCUT2D eigenvalue weighted by Gasteiger charge is 2.31. The van der Waals surface area contributed by atoms with Crippen LogP contribution in [0, 0.1) is 5.82 Å². The first-order chi connectivity index (χ1) is 12.7. The van der Waals surface area contributed by atoms with Crippen LogP contribution in [0.5, 0.6) is 11.5 Å². The number of ether oxygens (including phenoxy) is 2. The third kappa shape index (κ3) is 4.36. The molecule has 2 aromatic carbocycles. The van der Waals surface area contributed by atoms with E-state index in [0.717, 1.165) is 5.56 Å². The predicted molar refractivity (Wildman–Crippen MR) is 98.2 cm³/mol. The van der Waals surface area contributed by atoms with Gasteiger partial charge in [0, 0.05) is 0 Å². The molecule has 0 saturated heterocycles. The number of carbonyl (C=O) groups excluding carboxylic acids is 2. The number of hydrogen-bond donors (Lipinski definition) is 2. The number of rotatable bonds is 5. The van der Waals surface area contributed by atoms with Crippen molar-refractivity contribution in [1.82, 2.24) is 5.32 Å². The van der Waals surface area contributed by atoms with E-state index in [0.29, 0.717) is 17.2 Å². The molecule has 0 spiro atoms. The Balaban J connectivity index is 1.68. The molecule has 0 aliphatic carbocycles. The third-order valence-corrected chi connectivity index (χ3v) is 4.22. The van der Waals surface area contributed by atoms with E-state index in [1.807, 2.05) is 13.0 Å². The fourth-order valence-electron chi connectivity index (χ4n) is 2.67. The minimum absolute atomic E-state index is 0.00640. The zero-order valence-electron chi connectivity index (χ0n) is 15.3. The molecule has 1 heterocycles. The molecular weight excluding hydrogens is 351 g/mol. The summed E-state index contributed by atoms with van der Waals surface area (Å²) in [5.41, 5.74) is 0.231. The molecule has 6 nitrogen and oxygen atoms in total. The number of nitrogens with one attached hydrogen (secondary N) is 2. The molecule has 0 fully saturated rings. The van der Waals surface area contributed by atoms with Crippen molar-refractivity contribution in [1.29, 1.82) is 0 Å². The summed E-state index contributed by atoms with van der Waals surface area (Å²) in [6.07, 6.45) is 0. The third-order valence-electron chi connectivity index (χ3n) is 4.22. The van der Waals surface area contributed by atoms with Gasteiger partial charge in [-0.1, -0.05) is 6.07 Å². The number of anilines is 1. The van der Waals surface area contributed by atoms with Crippen LogP contribution in [0.3, 0.4) is 0 Å². The maximum atomic E-state index is 13.0. The standard InChI is InChI=1S/C20H21FN2O4/c1-12(13-4-9-17-16(10-13)23-18(24)11-26-17)22-19(25)20(2,3)27-15-7-5-14(21)6-8-15/h4-10,12H,11H2,1-3H3,(H,22,25)(H,23,24). The number of benzene rings is 2. The van der Waals surface area contributed by atoms with Gasteiger partial charge in [-0.25, -0.2) is 4.39 Å². The number of fused-ring (bicyclic) bond motifs is 1. The second kappa shape index (κ2) is 7.26. The molecule has 7 heteroatoms. The summed E-state index contributed by atoms with van der Waals surface area (Å²) in [6, 6.07) is 10.5. The van der Waals surface area contributed by atoms with Gasteiger partial charge in [0.2, 0.25) is 0 Å². The van der Waals surface area contributed by atoms with Crippen LogP contribution < -0.4 is 20.1 Å². The van der Waals surface area contributed by atoms with Crippen molar-refractivity contribution in [3.8, 4) is 11.5 Å². The Kier molecular flexibility index (Phi) is 5.03. The van der Waals surface area contributed by atoms with Gasteiger partial charge in [0.05, 0.1) is 11.7 Å². The minimum atomic E-state index is -1.16. The molecule has 142 valence electrons. The number of carbonyl (C=O) groups is 2. The van der Waals surface area contributed by atoms with Crippen LogP contribution in [0.4, 0.5) is 10.1 Å². The lowest BCUT2D eigenvalue weighted by atomic mass is 10.0. The van der Waals surface area contributed by atoms with Gasteiger partial charge in [-0.3, -0.25) is 9.59 Å². The van der Waals surface area contributed by atoms with Gasteiger partial charge in [-0.15, -0.1) is 0 Å². The summed E-state index contributed by atoms with van der Waals surface area (Å²) in [4.78, 5) is 24.1. The first kappa shape index (κ1) is 18.7. The Bertz CT molecular complexity index is 865. The molecule has 2 amide bonds. The minimum Gasteiger partial charge on any atom is -0.482 e. The highest BCUT2D eigenvalue weighted by Crippen LogP contribution is 2.30. The molecule has 0 aromatic heterocycles. The lowest BCUT2D eigenvalue weighted by Crippen LogP contribution is -2.47. The Morgan fingerprint density at radius 3 is 2.67 bits per heavy atom. The van der Waals surface area contributed by atoms with Crippen molar-refractivity contribution < 1.29 is 23.5 Å². The molecule has 3 rings (SSSR count). The summed E-state index contributed by atoms with van der Waals surface area (Å²) in [7, 11) is 0. The van der Waals surface area contributed by atoms with Crippen molar-refractivity contribution >= 4 is 17.5 Å². The average molecular weight is 372 g/mol. The quantitative estimate of drug-likeness (QED) is 0.845. The topological polar surface area (TPSA) is 76.7 Å². The van der Waals surface area contributed by atoms with Crippen molar-refractivity contribution in [2.75, 3.05) is 11.9 Å². The van der Waals surface area contributed by atoms with Gasteiger partial charge >= 0.3 is 0 Å². The molecule has 1 unspecified atom stereocenters. The molecule has 27 heavy (non-hydrogen) atoms. The molecule has 1 aliphatic heterocycles. The molecule has 0 radical (unpaired) electrons. The molecule has 0 saturated carbocycles. The van der Waals surface area contributed by atoms with Crippen molar-refractivity contribution in [3.63, 3.8) is 0 Å². The first-order valence-corrected chi connectivity index (χ1v) is 8.57. The molecular formula is C20H21FN2O4. The SMILES string of the molecule is CC(NC(=O)C(C)(C)Oc1ccc(F)cc1)c1ccc2c(c1)NC(=O)CO2. The molecule has 1 atom stereocenters. The van der Waals surface area contributed by atoms with E-state index in [2.05, 4.69) is 10.6 Å². The number of halogens is 1. The summed E-state index contributed by atoms with van der Waals surface area (Å²) >= 11 is 0. The summed E-state index contributed by atoms with van der Waals surface area (Å²) in [6.45, 7) is 5.10. The fraction of sp³-hybridized carbons (Fsp3) is 0.300. The smallest absolute Gasteiger partial charge is 0.264 e. The van der Waals surface area contributed by atoms with E-state index in [4.69, 9.17) is 9.47 Å². The van der Waals surface area contributed by atoms with Crippen LogP contribution >= 0.6 is 0 Å². The molecule has 2 N–H and O–H groups in total. The Labute approximate surface area is 156 Å². The normalized spacial score (nSPS) is 14.4. The van der Waals surface area contributed by atoms with Gasteiger partial charge in [-0.2, -0.15) is 0 Å². The highest BCUT2D eigenvalue weighted by molar-refractivity contribution is 5.95. The zero-order valence-corrected chi connectivity index (χ0v) is 15.3. The average Bonchev–Trinajstić information content (AvgIpc) is 2.62. The van der Waals surface area contributed by atoms with E-state index in [1.165, 1.54) is 24.3 Å². The first-order valence-electron chi connectivity index (χ1n) is 8.57. The lowest BCUT2D eigenvalue weighted by Gasteiger charge is -2.28. The van der Waals surface area contributed by atoms with Crippen LogP contribution in [0.15, 0.2) is 42.5 Å². The van der Waals surface area contributed by atoms with Gasteiger partial charge in [-0.05, 0) is 62.7 Å². The molecule has 0 bridgehead atoms. The van der Waals surface area contributed by atoms with E-state index < -0.39 is 5.60 Å². The zero-order chi connectivity index (χ0) is 19.6. The van der Waals surface area contributed by atoms with E-state index in [-0.39, 0.29) is 30.3 Å². The van der Waals surface area contributed by atoms with Gasteiger partial charge in [0.1, 0.15) is 17.3 Å². The Morgan fingerprint density at radius 2 is 1.96 bits per heavy atom. The number of hydrogen-bond acceptors (Lipinski definition) is 4. The largest absolute Gasteiger partial charge is 0.482 e. The number of amides is 2. The highest BCUT2D eigenvalue weighted by atomic mass is 19.1. The fourth-order valence-corrected chi connectivity index (χ4v) is 2.67. The summed E-state index contributed by atoms with van der Waals surface area (Å²) in [5, 5.41) is 5.64. The predicted octanol–water partition coefficient (Wildman–Crippen LogP) is 3.19. The molecule has 2 aromatic rings. The second-order valence-electron chi connectivity index (χ2n) is 6.85. The van der Waals surface area contributed by atoms with Crippen LogP contribution in [0.25, 0.3) is 0 Å². The van der Waals surface area contributed by atoms with Gasteiger partial charge in [0.25, 0.3) is 11.8 Å².